The first-order valence-corrected chi connectivity index (χ1v) is 13.4. The van der Waals surface area contributed by atoms with Crippen molar-refractivity contribution in [1.29, 1.82) is 0 Å². The van der Waals surface area contributed by atoms with Crippen LogP contribution in [0.15, 0.2) is 30.0 Å². The van der Waals surface area contributed by atoms with Gasteiger partial charge in [0, 0.05) is 0 Å². The molecule has 0 aliphatic rings. The second-order valence-electron chi connectivity index (χ2n) is 7.93. The minimum absolute atomic E-state index is 0.556. The highest BCUT2D eigenvalue weighted by Gasteiger charge is 1.92. The van der Waals surface area contributed by atoms with E-state index in [4.69, 9.17) is 0 Å². The van der Waals surface area contributed by atoms with Crippen LogP contribution in [0.3, 0.4) is 0 Å². The maximum absolute atomic E-state index is 9.63. The van der Waals surface area contributed by atoms with Gasteiger partial charge in [-0.05, 0) is 38.5 Å². The molecule has 5 N–H and O–H groups in total. The number of nitrogens with zero attached hydrogens (tertiary/aromatic N) is 6. The van der Waals surface area contributed by atoms with Gasteiger partial charge in [-0.1, -0.05) is 38.5 Å². The van der Waals surface area contributed by atoms with Crippen LogP contribution >= 0.6 is 0 Å². The summed E-state index contributed by atoms with van der Waals surface area (Å²) in [5.74, 6) is 0. The fourth-order valence-corrected chi connectivity index (χ4v) is 2.60. The normalized spacial score (nSPS) is 8.19. The summed E-state index contributed by atoms with van der Waals surface area (Å²) < 4.78 is 0. The quantitative estimate of drug-likeness (QED) is 0.0986. The molecule has 0 aliphatic heterocycles. The van der Waals surface area contributed by atoms with Crippen molar-refractivity contribution in [1.82, 2.24) is 5.32 Å². The smallest absolute Gasteiger partial charge is 0.320 e. The zero-order valence-corrected chi connectivity index (χ0v) is 24.3. The lowest BCUT2D eigenvalue weighted by Crippen LogP contribution is -2.38. The molecule has 0 saturated heterocycles. The molecular weight excluding hydrogens is 566 g/mol. The summed E-state index contributed by atoms with van der Waals surface area (Å²) in [6.07, 6.45) is 20.4. The van der Waals surface area contributed by atoms with Crippen molar-refractivity contribution in [2.75, 3.05) is 39.3 Å². The SMILES string of the molecule is NC(=O)NC(N)=O.O=C=NCCCCCCN=C=O.O=C=NCCCCCCN=C=O.O=C=NCCCCCCN=C=O. The summed E-state index contributed by atoms with van der Waals surface area (Å²) >= 11 is 0. The molecule has 17 nitrogen and oxygen atoms in total. The van der Waals surface area contributed by atoms with E-state index in [9.17, 15) is 38.4 Å². The number of unbranched alkanes of at least 4 members (excludes halogenated alkanes) is 9. The van der Waals surface area contributed by atoms with Gasteiger partial charge < -0.3 is 11.5 Å². The Labute approximate surface area is 250 Å². The number of carbonyl (C=O) groups excluding carboxylic acids is 8. The van der Waals surface area contributed by atoms with Crippen LogP contribution in [0, 0.1) is 0 Å². The van der Waals surface area contributed by atoms with Crippen molar-refractivity contribution in [3.05, 3.63) is 0 Å². The Kier molecular flexibility index (Phi) is 49.0. The van der Waals surface area contributed by atoms with Gasteiger partial charge in [0.05, 0.1) is 39.3 Å². The molecule has 0 aromatic rings. The summed E-state index contributed by atoms with van der Waals surface area (Å²) in [4.78, 5) is 97.5. The van der Waals surface area contributed by atoms with Gasteiger partial charge in [0.15, 0.2) is 0 Å². The van der Waals surface area contributed by atoms with Crippen molar-refractivity contribution in [3.8, 4) is 0 Å². The lowest BCUT2D eigenvalue weighted by atomic mass is 10.2. The fraction of sp³-hybridized carbons (Fsp3) is 0.692. The second kappa shape index (κ2) is 46.8. The molecule has 0 aromatic carbocycles. The first kappa shape index (κ1) is 45.0. The molecule has 0 aliphatic carbocycles. The van der Waals surface area contributed by atoms with Crippen molar-refractivity contribution in [3.63, 3.8) is 0 Å². The molecule has 0 fully saturated rings. The largest absolute Gasteiger partial charge is 0.351 e. The third kappa shape index (κ3) is 67.1. The first-order chi connectivity index (χ1) is 20.9. The number of nitrogens with two attached hydrogens (primary N) is 2. The van der Waals surface area contributed by atoms with E-state index in [1.807, 2.05) is 0 Å². The van der Waals surface area contributed by atoms with E-state index in [1.165, 1.54) is 36.5 Å². The molecule has 17 heteroatoms. The number of isocyanates is 6. The van der Waals surface area contributed by atoms with Crippen LogP contribution in [0.4, 0.5) is 9.59 Å². The molecule has 0 spiro atoms. The third-order valence-electron chi connectivity index (χ3n) is 4.50. The van der Waals surface area contributed by atoms with E-state index in [-0.39, 0.29) is 0 Å². The summed E-state index contributed by atoms with van der Waals surface area (Å²) in [7, 11) is 0. The average molecular weight is 608 g/mol. The molecule has 43 heavy (non-hydrogen) atoms. The van der Waals surface area contributed by atoms with E-state index in [0.717, 1.165) is 77.0 Å². The van der Waals surface area contributed by atoms with E-state index in [0.29, 0.717) is 39.3 Å². The Morgan fingerprint density at radius 1 is 0.372 bits per heavy atom. The number of amides is 4. The van der Waals surface area contributed by atoms with Crippen LogP contribution < -0.4 is 16.8 Å². The van der Waals surface area contributed by atoms with Crippen molar-refractivity contribution in [2.24, 2.45) is 41.4 Å². The van der Waals surface area contributed by atoms with Crippen LogP contribution in [0.25, 0.3) is 0 Å². The van der Waals surface area contributed by atoms with Crippen LogP contribution in [0.2, 0.25) is 0 Å². The van der Waals surface area contributed by atoms with E-state index in [1.54, 1.807) is 5.32 Å². The Balaban J connectivity index is -0.000000240. The van der Waals surface area contributed by atoms with E-state index >= 15 is 0 Å². The van der Waals surface area contributed by atoms with Gasteiger partial charge in [0.1, 0.15) is 0 Å². The maximum Gasteiger partial charge on any atom is 0.320 e. The van der Waals surface area contributed by atoms with Crippen molar-refractivity contribution >= 4 is 48.5 Å². The highest BCUT2D eigenvalue weighted by atomic mass is 16.2. The molecule has 238 valence electrons. The molecule has 0 aromatic heterocycles. The minimum atomic E-state index is -0.938. The fourth-order valence-electron chi connectivity index (χ4n) is 2.60. The number of hydrogen-bond donors (Lipinski definition) is 3. The number of imide groups is 1. The van der Waals surface area contributed by atoms with Gasteiger partial charge in [-0.2, -0.15) is 0 Å². The standard InChI is InChI=1S/3C8H12N2O2.C2H5N3O2/c3*11-7-9-5-3-1-2-4-6-10-8-12;3-1(6)5-2(4)7/h3*1-6H2;(H5,3,4,5,6,7). The molecule has 0 unspecified atom stereocenters. The van der Waals surface area contributed by atoms with Crippen molar-refractivity contribution in [2.45, 2.75) is 77.0 Å². The summed E-state index contributed by atoms with van der Waals surface area (Å²) in [5.41, 5.74) is 8.88. The predicted molar refractivity (Wildman–Crippen MR) is 156 cm³/mol. The Morgan fingerprint density at radius 3 is 0.628 bits per heavy atom. The van der Waals surface area contributed by atoms with E-state index < -0.39 is 12.1 Å². The topological polar surface area (TPSA) is 275 Å². The van der Waals surface area contributed by atoms with Gasteiger partial charge in [0.2, 0.25) is 36.5 Å². The molecular formula is C26H41N9O8. The molecule has 4 amide bonds. The summed E-state index contributed by atoms with van der Waals surface area (Å²) in [6.45, 7) is 3.34. The Morgan fingerprint density at radius 2 is 0.535 bits per heavy atom. The number of carbonyl (C=O) groups is 2. The zero-order valence-electron chi connectivity index (χ0n) is 24.3. The lowest BCUT2D eigenvalue weighted by Gasteiger charge is -1.93. The monoisotopic (exact) mass is 607 g/mol. The van der Waals surface area contributed by atoms with Gasteiger partial charge in [-0.3, -0.25) is 5.32 Å². The lowest BCUT2D eigenvalue weighted by molar-refractivity contribution is 0.236. The van der Waals surface area contributed by atoms with Crippen LogP contribution in [-0.2, 0) is 28.8 Å². The molecule has 0 radical (unpaired) electrons. The Hall–Kier alpha value is -4.98. The number of hydrogen-bond acceptors (Lipinski definition) is 14. The van der Waals surface area contributed by atoms with Crippen LogP contribution in [0.5, 0.6) is 0 Å². The molecule has 0 rings (SSSR count). The second-order valence-corrected chi connectivity index (χ2v) is 7.93. The Bertz CT molecular complexity index is 804. The number of nitrogens with one attached hydrogen (secondary N) is 1. The molecule has 0 atom stereocenters. The summed E-state index contributed by atoms with van der Waals surface area (Å²) in [6, 6.07) is -1.88. The highest BCUT2D eigenvalue weighted by Crippen LogP contribution is 2.00. The number of urea groups is 2. The molecule has 0 saturated carbocycles. The average Bonchev–Trinajstić information content (AvgIpc) is 2.98. The number of primary amides is 2. The van der Waals surface area contributed by atoms with Gasteiger partial charge >= 0.3 is 12.1 Å². The minimum Gasteiger partial charge on any atom is -0.351 e. The maximum atomic E-state index is 9.63. The van der Waals surface area contributed by atoms with Gasteiger partial charge in [-0.25, -0.2) is 68.3 Å². The van der Waals surface area contributed by atoms with Crippen LogP contribution in [-0.4, -0.2) is 87.8 Å². The number of rotatable bonds is 21. The van der Waals surface area contributed by atoms with E-state index in [2.05, 4.69) is 41.4 Å². The van der Waals surface area contributed by atoms with Gasteiger partial charge in [-0.15, -0.1) is 0 Å². The third-order valence-corrected chi connectivity index (χ3v) is 4.50. The van der Waals surface area contributed by atoms with Gasteiger partial charge in [0.25, 0.3) is 0 Å². The highest BCUT2D eigenvalue weighted by molar-refractivity contribution is 5.91. The first-order valence-electron chi connectivity index (χ1n) is 13.4. The zero-order chi connectivity index (χ0) is 33.1. The van der Waals surface area contributed by atoms with Crippen LogP contribution in [0.1, 0.15) is 77.0 Å². The van der Waals surface area contributed by atoms with Crippen molar-refractivity contribution < 1.29 is 38.4 Å². The molecule has 0 heterocycles. The summed E-state index contributed by atoms with van der Waals surface area (Å²) in [5, 5.41) is 1.58. The number of aliphatic imine (C=N–C) groups is 6. The predicted octanol–water partition coefficient (Wildman–Crippen LogP) is 2.39. The molecule has 0 bridgehead atoms.